The summed E-state index contributed by atoms with van der Waals surface area (Å²) in [5.74, 6) is 1.20. The molecule has 5 nitrogen and oxygen atoms in total. The van der Waals surface area contributed by atoms with Gasteiger partial charge in [-0.1, -0.05) is 6.07 Å². The zero-order valence-corrected chi connectivity index (χ0v) is 11.7. The summed E-state index contributed by atoms with van der Waals surface area (Å²) in [5.41, 5.74) is 6.61. The summed E-state index contributed by atoms with van der Waals surface area (Å²) < 4.78 is 10.8. The van der Waals surface area contributed by atoms with Gasteiger partial charge in [-0.05, 0) is 38.3 Å². The lowest BCUT2D eigenvalue weighted by Gasteiger charge is -2.38. The number of nitrogens with two attached hydrogens (primary N) is 1. The number of ether oxygens (including phenoxy) is 2. The molecule has 0 radical (unpaired) electrons. The molecule has 0 spiro atoms. The van der Waals surface area contributed by atoms with Gasteiger partial charge in [-0.25, -0.2) is 0 Å². The summed E-state index contributed by atoms with van der Waals surface area (Å²) in [5, 5.41) is 0. The van der Waals surface area contributed by atoms with Crippen LogP contribution in [0.1, 0.15) is 36.5 Å². The number of rotatable bonds is 2. The third-order valence-electron chi connectivity index (χ3n) is 4.04. The standard InChI is InChI=1S/C15H20N2O3/c1-10(16)12-6-2-3-8-17(12)15(18)11-5-4-7-13-14(11)20-9-19-13/h4-5,7,10,12H,2-3,6,8-9,16H2,1H3. The van der Waals surface area contributed by atoms with E-state index in [9.17, 15) is 4.79 Å². The largest absolute Gasteiger partial charge is 0.454 e. The fourth-order valence-corrected chi connectivity index (χ4v) is 3.01. The summed E-state index contributed by atoms with van der Waals surface area (Å²) in [6.45, 7) is 2.90. The third-order valence-corrected chi connectivity index (χ3v) is 4.04. The molecule has 5 heteroatoms. The Morgan fingerprint density at radius 3 is 3.05 bits per heavy atom. The topological polar surface area (TPSA) is 64.8 Å². The molecule has 1 saturated heterocycles. The van der Waals surface area contributed by atoms with Crippen LogP contribution in [0.2, 0.25) is 0 Å². The van der Waals surface area contributed by atoms with Crippen LogP contribution >= 0.6 is 0 Å². The van der Waals surface area contributed by atoms with Gasteiger partial charge in [-0.15, -0.1) is 0 Å². The van der Waals surface area contributed by atoms with E-state index in [2.05, 4.69) is 0 Å². The quantitative estimate of drug-likeness (QED) is 0.894. The maximum atomic E-state index is 12.8. The lowest BCUT2D eigenvalue weighted by Crippen LogP contribution is -2.51. The van der Waals surface area contributed by atoms with Crippen molar-refractivity contribution in [2.45, 2.75) is 38.3 Å². The van der Waals surface area contributed by atoms with Crippen molar-refractivity contribution in [2.75, 3.05) is 13.3 Å². The van der Waals surface area contributed by atoms with Crippen LogP contribution < -0.4 is 15.2 Å². The Labute approximate surface area is 118 Å². The van der Waals surface area contributed by atoms with Crippen LogP contribution in [0.15, 0.2) is 18.2 Å². The fourth-order valence-electron chi connectivity index (χ4n) is 3.01. The zero-order chi connectivity index (χ0) is 14.1. The molecule has 0 saturated carbocycles. The number of nitrogens with zero attached hydrogens (tertiary/aromatic N) is 1. The average Bonchev–Trinajstić information content (AvgIpc) is 2.94. The number of piperidine rings is 1. The van der Waals surface area contributed by atoms with Gasteiger partial charge in [0.05, 0.1) is 5.56 Å². The number of hydrogen-bond donors (Lipinski definition) is 1. The van der Waals surface area contributed by atoms with Gasteiger partial charge in [-0.2, -0.15) is 0 Å². The summed E-state index contributed by atoms with van der Waals surface area (Å²) in [6, 6.07) is 5.52. The molecule has 2 unspecified atom stereocenters. The minimum absolute atomic E-state index is 0.00523. The Morgan fingerprint density at radius 2 is 2.25 bits per heavy atom. The van der Waals surface area contributed by atoms with Crippen molar-refractivity contribution in [3.63, 3.8) is 0 Å². The highest BCUT2D eigenvalue weighted by molar-refractivity contribution is 5.98. The van der Waals surface area contributed by atoms with Crippen molar-refractivity contribution in [1.82, 2.24) is 4.90 Å². The van der Waals surface area contributed by atoms with Gasteiger partial charge < -0.3 is 20.1 Å². The summed E-state index contributed by atoms with van der Waals surface area (Å²) in [7, 11) is 0. The number of para-hydroxylation sites is 1. The van der Waals surface area contributed by atoms with Crippen LogP contribution in [-0.2, 0) is 0 Å². The number of likely N-dealkylation sites (tertiary alicyclic amines) is 1. The van der Waals surface area contributed by atoms with E-state index in [0.717, 1.165) is 25.8 Å². The number of hydrogen-bond acceptors (Lipinski definition) is 4. The summed E-state index contributed by atoms with van der Waals surface area (Å²) >= 11 is 0. The van der Waals surface area contributed by atoms with Crippen molar-refractivity contribution in [2.24, 2.45) is 5.73 Å². The van der Waals surface area contributed by atoms with E-state index >= 15 is 0 Å². The molecule has 2 heterocycles. The second-order valence-electron chi connectivity index (χ2n) is 5.46. The van der Waals surface area contributed by atoms with Gasteiger partial charge in [-0.3, -0.25) is 4.79 Å². The highest BCUT2D eigenvalue weighted by Crippen LogP contribution is 2.36. The lowest BCUT2D eigenvalue weighted by atomic mass is 9.96. The van der Waals surface area contributed by atoms with Crippen LogP contribution in [0, 0.1) is 0 Å². The van der Waals surface area contributed by atoms with Crippen LogP contribution in [0.25, 0.3) is 0 Å². The monoisotopic (exact) mass is 276 g/mol. The maximum Gasteiger partial charge on any atom is 0.258 e. The Hall–Kier alpha value is -1.75. The van der Waals surface area contributed by atoms with Gasteiger partial charge in [0.2, 0.25) is 6.79 Å². The highest BCUT2D eigenvalue weighted by atomic mass is 16.7. The molecule has 2 atom stereocenters. The minimum Gasteiger partial charge on any atom is -0.454 e. The predicted octanol–water partition coefficient (Wildman–Crippen LogP) is 1.76. The van der Waals surface area contributed by atoms with Gasteiger partial charge in [0, 0.05) is 18.6 Å². The number of carbonyl (C=O) groups is 1. The highest BCUT2D eigenvalue weighted by Gasteiger charge is 2.32. The van der Waals surface area contributed by atoms with Crippen molar-refractivity contribution in [3.05, 3.63) is 23.8 Å². The Bertz CT molecular complexity index is 516. The van der Waals surface area contributed by atoms with Crippen LogP contribution in [-0.4, -0.2) is 36.2 Å². The molecule has 1 aromatic rings. The Balaban J connectivity index is 1.90. The van der Waals surface area contributed by atoms with Crippen molar-refractivity contribution in [3.8, 4) is 11.5 Å². The molecule has 1 amide bonds. The third kappa shape index (κ3) is 2.22. The van der Waals surface area contributed by atoms with E-state index in [-0.39, 0.29) is 24.8 Å². The molecule has 1 fully saturated rings. The van der Waals surface area contributed by atoms with Crippen molar-refractivity contribution in [1.29, 1.82) is 0 Å². The predicted molar refractivity (Wildman–Crippen MR) is 74.9 cm³/mol. The molecule has 20 heavy (non-hydrogen) atoms. The van der Waals surface area contributed by atoms with E-state index in [1.807, 2.05) is 24.0 Å². The second-order valence-corrected chi connectivity index (χ2v) is 5.46. The van der Waals surface area contributed by atoms with Crippen molar-refractivity contribution >= 4 is 5.91 Å². The first-order valence-corrected chi connectivity index (χ1v) is 7.13. The number of fused-ring (bicyclic) bond motifs is 1. The van der Waals surface area contributed by atoms with E-state index in [4.69, 9.17) is 15.2 Å². The first kappa shape index (κ1) is 13.2. The molecular formula is C15H20N2O3. The van der Waals surface area contributed by atoms with Crippen LogP contribution in [0.4, 0.5) is 0 Å². The van der Waals surface area contributed by atoms with Crippen molar-refractivity contribution < 1.29 is 14.3 Å². The molecule has 3 rings (SSSR count). The first-order valence-electron chi connectivity index (χ1n) is 7.13. The normalized spacial score (nSPS) is 22.7. The van der Waals surface area contributed by atoms with Gasteiger partial charge in [0.15, 0.2) is 11.5 Å². The van der Waals surface area contributed by atoms with Gasteiger partial charge in [0.25, 0.3) is 5.91 Å². The van der Waals surface area contributed by atoms with Crippen LogP contribution in [0.3, 0.4) is 0 Å². The molecular weight excluding hydrogens is 256 g/mol. The summed E-state index contributed by atoms with van der Waals surface area (Å²) in [4.78, 5) is 14.7. The maximum absolute atomic E-state index is 12.8. The second kappa shape index (κ2) is 5.32. The number of benzene rings is 1. The molecule has 0 aliphatic carbocycles. The molecule has 0 bridgehead atoms. The molecule has 108 valence electrons. The SMILES string of the molecule is CC(N)C1CCCCN1C(=O)c1cccc2c1OCO2. The smallest absolute Gasteiger partial charge is 0.258 e. The zero-order valence-electron chi connectivity index (χ0n) is 11.7. The van der Waals surface area contributed by atoms with Gasteiger partial charge >= 0.3 is 0 Å². The van der Waals surface area contributed by atoms with E-state index in [1.165, 1.54) is 0 Å². The lowest BCUT2D eigenvalue weighted by molar-refractivity contribution is 0.0579. The molecule has 2 aliphatic rings. The fraction of sp³-hybridized carbons (Fsp3) is 0.533. The molecule has 2 aliphatic heterocycles. The minimum atomic E-state index is -0.0202. The molecule has 2 N–H and O–H groups in total. The number of amides is 1. The van der Waals surface area contributed by atoms with E-state index in [1.54, 1.807) is 6.07 Å². The molecule has 1 aromatic carbocycles. The Morgan fingerprint density at radius 1 is 1.40 bits per heavy atom. The van der Waals surface area contributed by atoms with Gasteiger partial charge in [0.1, 0.15) is 0 Å². The Kier molecular flexibility index (Phi) is 3.53. The number of carbonyl (C=O) groups excluding carboxylic acids is 1. The van der Waals surface area contributed by atoms with E-state index in [0.29, 0.717) is 17.1 Å². The van der Waals surface area contributed by atoms with E-state index < -0.39 is 0 Å². The molecule has 0 aromatic heterocycles. The van der Waals surface area contributed by atoms with Crippen LogP contribution in [0.5, 0.6) is 11.5 Å². The summed E-state index contributed by atoms with van der Waals surface area (Å²) in [6.07, 6.45) is 3.12. The average molecular weight is 276 g/mol. The first-order chi connectivity index (χ1) is 9.68.